The molecular formula is C21H31F2N3O. The molecule has 27 heavy (non-hydrogen) atoms. The van der Waals surface area contributed by atoms with E-state index in [1.165, 1.54) is 44.2 Å². The van der Waals surface area contributed by atoms with Crippen LogP contribution < -0.4 is 5.32 Å². The van der Waals surface area contributed by atoms with Gasteiger partial charge in [-0.05, 0) is 44.7 Å². The number of halogens is 2. The predicted octanol–water partition coefficient (Wildman–Crippen LogP) is 4.32. The van der Waals surface area contributed by atoms with E-state index in [-0.39, 0.29) is 6.03 Å². The number of nitrogens with one attached hydrogen (secondary N) is 1. The molecule has 1 atom stereocenters. The minimum absolute atomic E-state index is 0.175. The van der Waals surface area contributed by atoms with Gasteiger partial charge in [-0.25, -0.2) is 13.6 Å². The topological polar surface area (TPSA) is 35.6 Å². The second kappa shape index (κ2) is 9.49. The van der Waals surface area contributed by atoms with Gasteiger partial charge in [0.05, 0.1) is 6.04 Å². The molecule has 1 aliphatic heterocycles. The van der Waals surface area contributed by atoms with Gasteiger partial charge in [-0.3, -0.25) is 0 Å². The Balaban J connectivity index is 1.49. The summed E-state index contributed by atoms with van der Waals surface area (Å²) < 4.78 is 27.0. The molecule has 3 rings (SSSR count). The summed E-state index contributed by atoms with van der Waals surface area (Å²) in [6.45, 7) is 6.20. The normalized spacial score (nSPS) is 20.9. The summed E-state index contributed by atoms with van der Waals surface area (Å²) in [5.41, 5.74) is 0.304. The molecule has 1 unspecified atom stereocenters. The van der Waals surface area contributed by atoms with Crippen molar-refractivity contribution in [2.24, 2.45) is 5.92 Å². The van der Waals surface area contributed by atoms with Crippen molar-refractivity contribution in [2.75, 3.05) is 32.7 Å². The smallest absolute Gasteiger partial charge is 0.317 e. The Kier molecular flexibility index (Phi) is 7.05. The van der Waals surface area contributed by atoms with Crippen LogP contribution in [0, 0.1) is 17.6 Å². The number of hydrogen-bond donors (Lipinski definition) is 1. The van der Waals surface area contributed by atoms with Crippen molar-refractivity contribution < 1.29 is 13.6 Å². The Morgan fingerprint density at radius 3 is 2.63 bits per heavy atom. The van der Waals surface area contributed by atoms with Crippen LogP contribution in [-0.4, -0.2) is 48.6 Å². The van der Waals surface area contributed by atoms with Gasteiger partial charge in [0.2, 0.25) is 0 Å². The number of benzene rings is 1. The third-order valence-electron chi connectivity index (χ3n) is 5.89. The van der Waals surface area contributed by atoms with Crippen molar-refractivity contribution in [3.63, 3.8) is 0 Å². The summed E-state index contributed by atoms with van der Waals surface area (Å²) in [6.07, 6.45) is 7.70. The van der Waals surface area contributed by atoms with Crippen LogP contribution in [0.4, 0.5) is 13.6 Å². The number of rotatable bonds is 4. The van der Waals surface area contributed by atoms with Crippen LogP contribution in [0.3, 0.4) is 0 Å². The van der Waals surface area contributed by atoms with Crippen molar-refractivity contribution >= 4 is 6.03 Å². The number of carbonyl (C=O) groups is 1. The summed E-state index contributed by atoms with van der Waals surface area (Å²) in [5.74, 6) is -0.432. The van der Waals surface area contributed by atoms with Crippen LogP contribution in [0.2, 0.25) is 0 Å². The molecule has 4 nitrogen and oxygen atoms in total. The lowest BCUT2D eigenvalue weighted by atomic mass is 9.89. The van der Waals surface area contributed by atoms with Crippen molar-refractivity contribution in [1.82, 2.24) is 15.1 Å². The first kappa shape index (κ1) is 20.1. The molecular weight excluding hydrogens is 348 g/mol. The van der Waals surface area contributed by atoms with Gasteiger partial charge in [0.25, 0.3) is 0 Å². The highest BCUT2D eigenvalue weighted by Gasteiger charge is 2.23. The average molecular weight is 379 g/mol. The SMILES string of the molecule is CC(NC(=O)N1CCCN(CC2CCCCC2)CC1)c1ccc(F)cc1F. The fraction of sp³-hybridized carbons (Fsp3) is 0.667. The quantitative estimate of drug-likeness (QED) is 0.845. The highest BCUT2D eigenvalue weighted by molar-refractivity contribution is 5.74. The Morgan fingerprint density at radius 2 is 1.89 bits per heavy atom. The second-order valence-electron chi connectivity index (χ2n) is 7.98. The van der Waals surface area contributed by atoms with Gasteiger partial charge in [-0.1, -0.05) is 25.3 Å². The molecule has 2 amide bonds. The number of urea groups is 1. The Labute approximate surface area is 160 Å². The largest absolute Gasteiger partial charge is 0.331 e. The molecule has 150 valence electrons. The summed E-state index contributed by atoms with van der Waals surface area (Å²) in [6, 6.07) is 2.79. The van der Waals surface area contributed by atoms with Crippen molar-refractivity contribution in [3.05, 3.63) is 35.4 Å². The highest BCUT2D eigenvalue weighted by atomic mass is 19.1. The van der Waals surface area contributed by atoms with Crippen LogP contribution in [-0.2, 0) is 0 Å². The lowest BCUT2D eigenvalue weighted by Gasteiger charge is -2.29. The van der Waals surface area contributed by atoms with E-state index < -0.39 is 17.7 Å². The number of hydrogen-bond acceptors (Lipinski definition) is 2. The van der Waals surface area contributed by atoms with Crippen LogP contribution in [0.15, 0.2) is 18.2 Å². The summed E-state index contributed by atoms with van der Waals surface area (Å²) >= 11 is 0. The Morgan fingerprint density at radius 1 is 1.11 bits per heavy atom. The number of amides is 2. The monoisotopic (exact) mass is 379 g/mol. The van der Waals surface area contributed by atoms with Gasteiger partial charge < -0.3 is 15.1 Å². The maximum absolute atomic E-state index is 13.9. The molecule has 1 N–H and O–H groups in total. The van der Waals surface area contributed by atoms with Gasteiger partial charge >= 0.3 is 6.03 Å². The van der Waals surface area contributed by atoms with Crippen LogP contribution in [0.1, 0.15) is 57.1 Å². The maximum Gasteiger partial charge on any atom is 0.317 e. The molecule has 1 saturated carbocycles. The standard InChI is InChI=1S/C21H31F2N3O/c1-16(19-9-8-18(22)14-20(19)23)24-21(27)26-11-5-10-25(12-13-26)15-17-6-3-2-4-7-17/h8-9,14,16-17H,2-7,10-13,15H2,1H3,(H,24,27). The van der Waals surface area contributed by atoms with Crippen molar-refractivity contribution in [2.45, 2.75) is 51.5 Å². The van der Waals surface area contributed by atoms with Crippen LogP contribution in [0.25, 0.3) is 0 Å². The fourth-order valence-electron chi connectivity index (χ4n) is 4.30. The predicted molar refractivity (Wildman–Crippen MR) is 103 cm³/mol. The first-order valence-electron chi connectivity index (χ1n) is 10.3. The molecule has 1 aromatic carbocycles. The lowest BCUT2D eigenvalue weighted by molar-refractivity contribution is 0.187. The van der Waals surface area contributed by atoms with Gasteiger partial charge in [0.15, 0.2) is 0 Å². The van der Waals surface area contributed by atoms with Gasteiger partial charge in [0.1, 0.15) is 11.6 Å². The molecule has 0 aromatic heterocycles. The fourth-order valence-corrected chi connectivity index (χ4v) is 4.30. The minimum atomic E-state index is -0.627. The number of carbonyl (C=O) groups excluding carboxylic acids is 1. The van der Waals surface area contributed by atoms with E-state index in [2.05, 4.69) is 10.2 Å². The third-order valence-corrected chi connectivity index (χ3v) is 5.89. The van der Waals surface area contributed by atoms with Crippen molar-refractivity contribution in [3.8, 4) is 0 Å². The second-order valence-corrected chi connectivity index (χ2v) is 7.98. The van der Waals surface area contributed by atoms with E-state index in [1.54, 1.807) is 6.92 Å². The van der Waals surface area contributed by atoms with Crippen LogP contribution >= 0.6 is 0 Å². The zero-order valence-corrected chi connectivity index (χ0v) is 16.2. The van der Waals surface area contributed by atoms with E-state index in [0.717, 1.165) is 38.0 Å². The molecule has 1 aromatic rings. The Bertz CT molecular complexity index is 634. The van der Waals surface area contributed by atoms with E-state index in [1.807, 2.05) is 4.90 Å². The molecule has 0 radical (unpaired) electrons. The van der Waals surface area contributed by atoms with E-state index in [9.17, 15) is 13.6 Å². The zero-order valence-electron chi connectivity index (χ0n) is 16.2. The first-order chi connectivity index (χ1) is 13.0. The van der Waals surface area contributed by atoms with Gasteiger partial charge in [0, 0.05) is 37.8 Å². The zero-order chi connectivity index (χ0) is 19.2. The Hall–Kier alpha value is -1.69. The molecule has 0 bridgehead atoms. The molecule has 0 spiro atoms. The molecule has 2 fully saturated rings. The molecule has 1 aliphatic carbocycles. The van der Waals surface area contributed by atoms with E-state index >= 15 is 0 Å². The summed E-state index contributed by atoms with van der Waals surface area (Å²) in [5, 5.41) is 2.86. The maximum atomic E-state index is 13.9. The lowest BCUT2D eigenvalue weighted by Crippen LogP contribution is -2.43. The van der Waals surface area contributed by atoms with E-state index in [4.69, 9.17) is 0 Å². The molecule has 1 saturated heterocycles. The third kappa shape index (κ3) is 5.64. The molecule has 6 heteroatoms. The molecule has 2 aliphatic rings. The summed E-state index contributed by atoms with van der Waals surface area (Å²) in [4.78, 5) is 16.9. The van der Waals surface area contributed by atoms with Crippen molar-refractivity contribution in [1.29, 1.82) is 0 Å². The van der Waals surface area contributed by atoms with E-state index in [0.29, 0.717) is 18.7 Å². The minimum Gasteiger partial charge on any atom is -0.331 e. The average Bonchev–Trinajstić information content (AvgIpc) is 2.88. The summed E-state index contributed by atoms with van der Waals surface area (Å²) in [7, 11) is 0. The first-order valence-corrected chi connectivity index (χ1v) is 10.3. The van der Waals surface area contributed by atoms with Crippen LogP contribution in [0.5, 0.6) is 0 Å². The van der Waals surface area contributed by atoms with Gasteiger partial charge in [-0.15, -0.1) is 0 Å². The number of nitrogens with zero attached hydrogens (tertiary/aromatic N) is 2. The van der Waals surface area contributed by atoms with Gasteiger partial charge in [-0.2, -0.15) is 0 Å². The highest BCUT2D eigenvalue weighted by Crippen LogP contribution is 2.25. The molecule has 1 heterocycles.